The van der Waals surface area contributed by atoms with Crippen LogP contribution in [0.3, 0.4) is 0 Å². The van der Waals surface area contributed by atoms with E-state index < -0.39 is 0 Å². The summed E-state index contributed by atoms with van der Waals surface area (Å²) in [6, 6.07) is 28.8. The minimum absolute atomic E-state index is 0.0964. The van der Waals surface area contributed by atoms with Gasteiger partial charge in [0.25, 0.3) is 0 Å². The lowest BCUT2D eigenvalue weighted by atomic mass is 9.98. The molecule has 30 heavy (non-hydrogen) atoms. The van der Waals surface area contributed by atoms with Gasteiger partial charge < -0.3 is 14.4 Å². The lowest BCUT2D eigenvalue weighted by Crippen LogP contribution is -2.50. The molecular weight excluding hydrogens is 368 g/mol. The molecule has 1 fully saturated rings. The molecule has 3 aromatic carbocycles. The monoisotopic (exact) mass is 396 g/mol. The molecule has 1 aliphatic rings. The molecule has 1 aromatic heterocycles. The predicted octanol–water partition coefficient (Wildman–Crippen LogP) is 4.81. The second kappa shape index (κ2) is 7.96. The van der Waals surface area contributed by atoms with Crippen LogP contribution in [0.2, 0.25) is 0 Å². The molecule has 152 valence electrons. The maximum atomic E-state index is 4.74. The van der Waals surface area contributed by atoms with Gasteiger partial charge in [0, 0.05) is 31.4 Å². The van der Waals surface area contributed by atoms with Gasteiger partial charge >= 0.3 is 0 Å². The van der Waals surface area contributed by atoms with Crippen molar-refractivity contribution < 1.29 is 0 Å². The Morgan fingerprint density at radius 3 is 2.17 bits per heavy atom. The SMILES string of the molecule is CC1CN(c2ccc3ncn(C(c4ccccc4)c4ccccc4)c3c2)CCN1C. The number of fused-ring (bicyclic) bond motifs is 1. The van der Waals surface area contributed by atoms with Crippen molar-refractivity contribution >= 4 is 16.7 Å². The number of likely N-dealkylation sites (N-methyl/N-ethyl adjacent to an activating group) is 1. The number of anilines is 1. The summed E-state index contributed by atoms with van der Waals surface area (Å²) in [6.45, 7) is 5.50. The van der Waals surface area contributed by atoms with Crippen LogP contribution in [0, 0.1) is 0 Å². The van der Waals surface area contributed by atoms with Crippen LogP contribution in [0.4, 0.5) is 5.69 Å². The number of benzene rings is 3. The molecule has 0 bridgehead atoms. The van der Waals surface area contributed by atoms with Crippen LogP contribution in [-0.4, -0.2) is 47.2 Å². The Kier molecular flexibility index (Phi) is 5.01. The van der Waals surface area contributed by atoms with Crippen LogP contribution in [0.15, 0.2) is 85.2 Å². The van der Waals surface area contributed by atoms with Crippen molar-refractivity contribution in [3.8, 4) is 0 Å². The largest absolute Gasteiger partial charge is 0.369 e. The Labute approximate surface area is 178 Å². The molecule has 0 radical (unpaired) electrons. The minimum atomic E-state index is 0.0964. The van der Waals surface area contributed by atoms with Gasteiger partial charge in [-0.1, -0.05) is 60.7 Å². The average molecular weight is 397 g/mol. The van der Waals surface area contributed by atoms with Crippen LogP contribution < -0.4 is 4.90 Å². The molecule has 2 heterocycles. The van der Waals surface area contributed by atoms with Gasteiger partial charge in [-0.05, 0) is 43.3 Å². The average Bonchev–Trinajstić information content (AvgIpc) is 3.20. The van der Waals surface area contributed by atoms with Gasteiger partial charge in [0.15, 0.2) is 0 Å². The fourth-order valence-corrected chi connectivity index (χ4v) is 4.48. The van der Waals surface area contributed by atoms with E-state index in [0.717, 1.165) is 25.2 Å². The van der Waals surface area contributed by atoms with Crippen molar-refractivity contribution in [1.82, 2.24) is 14.5 Å². The first-order valence-electron chi connectivity index (χ1n) is 10.7. The first-order valence-corrected chi connectivity index (χ1v) is 10.7. The maximum absolute atomic E-state index is 4.74. The number of aromatic nitrogens is 2. The van der Waals surface area contributed by atoms with Crippen molar-refractivity contribution in [3.63, 3.8) is 0 Å². The summed E-state index contributed by atoms with van der Waals surface area (Å²) >= 11 is 0. The van der Waals surface area contributed by atoms with Gasteiger partial charge in [0.05, 0.1) is 23.4 Å². The van der Waals surface area contributed by atoms with E-state index in [1.165, 1.54) is 22.3 Å². The standard InChI is InChI=1S/C26H28N4/c1-20-18-29(16-15-28(20)2)23-13-14-24-25(17-23)30(19-27-24)26(21-9-5-3-6-10-21)22-11-7-4-8-12-22/h3-14,17,19-20,26H,15-16,18H2,1-2H3. The first-order chi connectivity index (χ1) is 14.7. The summed E-state index contributed by atoms with van der Waals surface area (Å²) in [5.41, 5.74) is 6.03. The quantitative estimate of drug-likeness (QED) is 0.495. The number of nitrogens with zero attached hydrogens (tertiary/aromatic N) is 4. The highest BCUT2D eigenvalue weighted by atomic mass is 15.3. The molecule has 4 heteroatoms. The molecular formula is C26H28N4. The van der Waals surface area contributed by atoms with Crippen molar-refractivity contribution in [2.24, 2.45) is 0 Å². The number of imidazole rings is 1. The zero-order valence-corrected chi connectivity index (χ0v) is 17.6. The van der Waals surface area contributed by atoms with Gasteiger partial charge in [-0.2, -0.15) is 0 Å². The third-order valence-corrected chi connectivity index (χ3v) is 6.39. The van der Waals surface area contributed by atoms with Crippen molar-refractivity contribution in [2.75, 3.05) is 31.6 Å². The van der Waals surface area contributed by atoms with E-state index in [-0.39, 0.29) is 6.04 Å². The van der Waals surface area contributed by atoms with E-state index in [1.807, 2.05) is 6.33 Å². The normalized spacial score (nSPS) is 17.7. The van der Waals surface area contributed by atoms with E-state index in [2.05, 4.69) is 107 Å². The van der Waals surface area contributed by atoms with Gasteiger partial charge in [0.1, 0.15) is 0 Å². The molecule has 4 nitrogen and oxygen atoms in total. The lowest BCUT2D eigenvalue weighted by molar-refractivity contribution is 0.234. The zero-order chi connectivity index (χ0) is 20.5. The van der Waals surface area contributed by atoms with Gasteiger partial charge in [0.2, 0.25) is 0 Å². The zero-order valence-electron chi connectivity index (χ0n) is 17.6. The van der Waals surface area contributed by atoms with Gasteiger partial charge in [-0.3, -0.25) is 0 Å². The number of rotatable bonds is 4. The Morgan fingerprint density at radius 2 is 1.53 bits per heavy atom. The Morgan fingerprint density at radius 1 is 0.867 bits per heavy atom. The van der Waals surface area contributed by atoms with E-state index >= 15 is 0 Å². The molecule has 0 saturated carbocycles. The van der Waals surface area contributed by atoms with Crippen LogP contribution in [0.25, 0.3) is 11.0 Å². The van der Waals surface area contributed by atoms with Gasteiger partial charge in [-0.25, -0.2) is 4.98 Å². The molecule has 0 spiro atoms. The Balaban J connectivity index is 1.60. The predicted molar refractivity (Wildman–Crippen MR) is 124 cm³/mol. The van der Waals surface area contributed by atoms with Crippen LogP contribution >= 0.6 is 0 Å². The molecule has 0 N–H and O–H groups in total. The van der Waals surface area contributed by atoms with Crippen molar-refractivity contribution in [1.29, 1.82) is 0 Å². The fourth-order valence-electron chi connectivity index (χ4n) is 4.48. The molecule has 1 saturated heterocycles. The first kappa shape index (κ1) is 18.9. The smallest absolute Gasteiger partial charge is 0.0966 e. The van der Waals surface area contributed by atoms with Crippen LogP contribution in [0.1, 0.15) is 24.1 Å². The number of hydrogen-bond donors (Lipinski definition) is 0. The van der Waals surface area contributed by atoms with E-state index in [0.29, 0.717) is 6.04 Å². The van der Waals surface area contributed by atoms with Crippen LogP contribution in [0.5, 0.6) is 0 Å². The van der Waals surface area contributed by atoms with Gasteiger partial charge in [-0.15, -0.1) is 0 Å². The Bertz CT molecular complexity index is 1080. The third kappa shape index (κ3) is 3.48. The molecule has 1 atom stereocenters. The minimum Gasteiger partial charge on any atom is -0.369 e. The second-order valence-electron chi connectivity index (χ2n) is 8.32. The molecule has 4 aromatic rings. The molecule has 1 aliphatic heterocycles. The van der Waals surface area contributed by atoms with E-state index in [1.54, 1.807) is 0 Å². The summed E-state index contributed by atoms with van der Waals surface area (Å²) in [4.78, 5) is 9.67. The summed E-state index contributed by atoms with van der Waals surface area (Å²) in [5.74, 6) is 0. The second-order valence-corrected chi connectivity index (χ2v) is 8.32. The summed E-state index contributed by atoms with van der Waals surface area (Å²) in [6.07, 6.45) is 1.99. The third-order valence-electron chi connectivity index (χ3n) is 6.39. The molecule has 5 rings (SSSR count). The molecule has 1 unspecified atom stereocenters. The Hall–Kier alpha value is -3.11. The topological polar surface area (TPSA) is 24.3 Å². The number of hydrogen-bond acceptors (Lipinski definition) is 3. The van der Waals surface area contributed by atoms with Crippen molar-refractivity contribution in [2.45, 2.75) is 19.0 Å². The lowest BCUT2D eigenvalue weighted by Gasteiger charge is -2.39. The van der Waals surface area contributed by atoms with Crippen molar-refractivity contribution in [3.05, 3.63) is 96.3 Å². The molecule has 0 aliphatic carbocycles. The number of piperazine rings is 1. The summed E-state index contributed by atoms with van der Waals surface area (Å²) in [5, 5.41) is 0. The summed E-state index contributed by atoms with van der Waals surface area (Å²) < 4.78 is 2.32. The van der Waals surface area contributed by atoms with E-state index in [9.17, 15) is 0 Å². The highest BCUT2D eigenvalue weighted by molar-refractivity contribution is 5.80. The fraction of sp³-hybridized carbons (Fsp3) is 0.269. The highest BCUT2D eigenvalue weighted by Crippen LogP contribution is 2.32. The molecule has 0 amide bonds. The summed E-state index contributed by atoms with van der Waals surface area (Å²) in [7, 11) is 2.21. The highest BCUT2D eigenvalue weighted by Gasteiger charge is 2.23. The maximum Gasteiger partial charge on any atom is 0.0966 e. The van der Waals surface area contributed by atoms with E-state index in [4.69, 9.17) is 4.98 Å². The van der Waals surface area contributed by atoms with Crippen LogP contribution in [-0.2, 0) is 0 Å².